The van der Waals surface area contributed by atoms with Gasteiger partial charge in [-0.1, -0.05) is 12.1 Å². The predicted octanol–water partition coefficient (Wildman–Crippen LogP) is 3.39. The molecule has 1 amide bonds. The van der Waals surface area contributed by atoms with Crippen LogP contribution >= 0.6 is 0 Å². The first kappa shape index (κ1) is 15.8. The van der Waals surface area contributed by atoms with Crippen molar-refractivity contribution in [2.75, 3.05) is 6.54 Å². The highest BCUT2D eigenvalue weighted by atomic mass is 19.1. The molecule has 2 rings (SSSR count). The summed E-state index contributed by atoms with van der Waals surface area (Å²) in [5.74, 6) is -0.387. The van der Waals surface area contributed by atoms with Crippen LogP contribution in [0, 0.1) is 5.82 Å². The molecule has 4 nitrogen and oxygen atoms in total. The number of carbonyl (C=O) groups is 1. The molecule has 0 aliphatic carbocycles. The Labute approximate surface area is 124 Å². The molecule has 1 aliphatic heterocycles. The van der Waals surface area contributed by atoms with Crippen molar-refractivity contribution in [3.63, 3.8) is 0 Å². The maximum Gasteiger partial charge on any atom is 0.410 e. The van der Waals surface area contributed by atoms with E-state index < -0.39 is 11.7 Å². The number of ether oxygens (including phenoxy) is 1. The third-order valence-electron chi connectivity index (χ3n) is 3.49. The van der Waals surface area contributed by atoms with Crippen LogP contribution in [-0.2, 0) is 11.3 Å². The SMILES string of the molecule is CC(C)(C)OC(=O)N1CCCC1c1ccc(CO)cc1F. The van der Waals surface area contributed by atoms with Gasteiger partial charge in [-0.25, -0.2) is 9.18 Å². The van der Waals surface area contributed by atoms with Crippen molar-refractivity contribution in [3.05, 3.63) is 35.1 Å². The van der Waals surface area contributed by atoms with Crippen LogP contribution in [0.15, 0.2) is 18.2 Å². The minimum atomic E-state index is -0.566. The van der Waals surface area contributed by atoms with Crippen molar-refractivity contribution in [1.29, 1.82) is 0 Å². The number of aliphatic hydroxyl groups is 1. The van der Waals surface area contributed by atoms with Crippen LogP contribution in [0.2, 0.25) is 0 Å². The van der Waals surface area contributed by atoms with Crippen LogP contribution < -0.4 is 0 Å². The van der Waals surface area contributed by atoms with E-state index in [2.05, 4.69) is 0 Å². The van der Waals surface area contributed by atoms with Gasteiger partial charge >= 0.3 is 6.09 Å². The number of aliphatic hydroxyl groups excluding tert-OH is 1. The number of halogens is 1. The van der Waals surface area contributed by atoms with Crippen molar-refractivity contribution >= 4 is 6.09 Å². The molecule has 0 saturated carbocycles. The Bertz CT molecular complexity index is 525. The van der Waals surface area contributed by atoms with E-state index in [-0.39, 0.29) is 18.5 Å². The minimum Gasteiger partial charge on any atom is -0.444 e. The topological polar surface area (TPSA) is 49.8 Å². The highest BCUT2D eigenvalue weighted by Crippen LogP contribution is 2.34. The maximum absolute atomic E-state index is 14.2. The van der Waals surface area contributed by atoms with Crippen LogP contribution in [0.4, 0.5) is 9.18 Å². The average Bonchev–Trinajstić information content (AvgIpc) is 2.85. The number of rotatable bonds is 2. The summed E-state index contributed by atoms with van der Waals surface area (Å²) < 4.78 is 19.6. The molecule has 1 heterocycles. The van der Waals surface area contributed by atoms with E-state index in [0.717, 1.165) is 6.42 Å². The Kier molecular flexibility index (Phi) is 4.52. The lowest BCUT2D eigenvalue weighted by Gasteiger charge is -2.29. The molecule has 0 radical (unpaired) electrons. The third-order valence-corrected chi connectivity index (χ3v) is 3.49. The quantitative estimate of drug-likeness (QED) is 0.910. The smallest absolute Gasteiger partial charge is 0.410 e. The lowest BCUT2D eigenvalue weighted by molar-refractivity contribution is 0.0222. The first-order chi connectivity index (χ1) is 9.81. The van der Waals surface area contributed by atoms with Gasteiger partial charge in [0.25, 0.3) is 0 Å². The van der Waals surface area contributed by atoms with Gasteiger partial charge in [0.05, 0.1) is 12.6 Å². The fourth-order valence-corrected chi connectivity index (χ4v) is 2.57. The summed E-state index contributed by atoms with van der Waals surface area (Å²) in [4.78, 5) is 13.8. The summed E-state index contributed by atoms with van der Waals surface area (Å²) in [6, 6.07) is 4.35. The van der Waals surface area contributed by atoms with E-state index in [9.17, 15) is 9.18 Å². The summed E-state index contributed by atoms with van der Waals surface area (Å²) in [6.07, 6.45) is 1.13. The number of hydrogen-bond donors (Lipinski definition) is 1. The lowest BCUT2D eigenvalue weighted by atomic mass is 10.0. The van der Waals surface area contributed by atoms with Gasteiger partial charge < -0.3 is 14.7 Å². The summed E-state index contributed by atoms with van der Waals surface area (Å²) in [5, 5.41) is 9.03. The standard InChI is InChI=1S/C16H22FNO3/c1-16(2,3)21-15(20)18-8-4-5-14(18)12-7-6-11(10-19)9-13(12)17/h6-7,9,14,19H,4-5,8,10H2,1-3H3. The second-order valence-electron chi connectivity index (χ2n) is 6.35. The number of amides is 1. The van der Waals surface area contributed by atoms with Crippen LogP contribution in [-0.4, -0.2) is 28.2 Å². The Balaban J connectivity index is 2.20. The summed E-state index contributed by atoms with van der Waals surface area (Å²) in [6.45, 7) is 5.81. The normalized spacial score (nSPS) is 18.9. The molecular weight excluding hydrogens is 273 g/mol. The van der Waals surface area contributed by atoms with Gasteiger partial charge in [-0.05, 0) is 45.2 Å². The third kappa shape index (κ3) is 3.73. The van der Waals surface area contributed by atoms with E-state index in [1.165, 1.54) is 6.07 Å². The van der Waals surface area contributed by atoms with E-state index in [1.54, 1.807) is 17.0 Å². The molecule has 0 aromatic heterocycles. The van der Waals surface area contributed by atoms with E-state index in [0.29, 0.717) is 24.1 Å². The van der Waals surface area contributed by atoms with Crippen molar-refractivity contribution < 1.29 is 19.0 Å². The predicted molar refractivity (Wildman–Crippen MR) is 77.2 cm³/mol. The zero-order chi connectivity index (χ0) is 15.6. The lowest BCUT2D eigenvalue weighted by Crippen LogP contribution is -2.36. The van der Waals surface area contributed by atoms with Crippen molar-refractivity contribution in [3.8, 4) is 0 Å². The van der Waals surface area contributed by atoms with Crippen molar-refractivity contribution in [2.45, 2.75) is 51.9 Å². The van der Waals surface area contributed by atoms with Gasteiger partial charge in [0.2, 0.25) is 0 Å². The summed E-state index contributed by atoms with van der Waals surface area (Å²) in [5.41, 5.74) is 0.442. The summed E-state index contributed by atoms with van der Waals surface area (Å²) in [7, 11) is 0. The molecule has 5 heteroatoms. The Hall–Kier alpha value is -1.62. The van der Waals surface area contributed by atoms with E-state index in [1.807, 2.05) is 20.8 Å². The molecule has 0 spiro atoms. The first-order valence-corrected chi connectivity index (χ1v) is 7.20. The molecule has 116 valence electrons. The van der Waals surface area contributed by atoms with Gasteiger partial charge in [0.15, 0.2) is 0 Å². The van der Waals surface area contributed by atoms with Gasteiger partial charge in [-0.3, -0.25) is 0 Å². The van der Waals surface area contributed by atoms with Gasteiger partial charge in [0.1, 0.15) is 11.4 Å². The highest BCUT2D eigenvalue weighted by molar-refractivity contribution is 5.69. The van der Waals surface area contributed by atoms with Gasteiger partial charge in [-0.15, -0.1) is 0 Å². The second kappa shape index (κ2) is 6.02. The van der Waals surface area contributed by atoms with Crippen LogP contribution in [0.5, 0.6) is 0 Å². The fraction of sp³-hybridized carbons (Fsp3) is 0.562. The zero-order valence-electron chi connectivity index (χ0n) is 12.7. The zero-order valence-corrected chi connectivity index (χ0v) is 12.7. The largest absolute Gasteiger partial charge is 0.444 e. The molecule has 1 saturated heterocycles. The molecule has 21 heavy (non-hydrogen) atoms. The maximum atomic E-state index is 14.2. The van der Waals surface area contributed by atoms with Gasteiger partial charge in [0, 0.05) is 12.1 Å². The number of benzene rings is 1. The van der Waals surface area contributed by atoms with E-state index >= 15 is 0 Å². The molecule has 1 fully saturated rings. The molecule has 1 aromatic carbocycles. The number of carbonyl (C=O) groups excluding carboxylic acids is 1. The van der Waals surface area contributed by atoms with Crippen LogP contribution in [0.25, 0.3) is 0 Å². The number of hydrogen-bond acceptors (Lipinski definition) is 3. The minimum absolute atomic E-state index is 0.197. The second-order valence-corrected chi connectivity index (χ2v) is 6.35. The Morgan fingerprint density at radius 2 is 2.19 bits per heavy atom. The van der Waals surface area contributed by atoms with Crippen molar-refractivity contribution in [2.24, 2.45) is 0 Å². The molecule has 1 unspecified atom stereocenters. The monoisotopic (exact) mass is 295 g/mol. The number of likely N-dealkylation sites (tertiary alicyclic amines) is 1. The average molecular weight is 295 g/mol. The first-order valence-electron chi connectivity index (χ1n) is 7.20. The molecule has 1 atom stereocenters. The summed E-state index contributed by atoms with van der Waals surface area (Å²) >= 11 is 0. The number of nitrogens with zero attached hydrogens (tertiary/aromatic N) is 1. The van der Waals surface area contributed by atoms with Crippen LogP contribution in [0.1, 0.15) is 50.8 Å². The molecule has 1 aromatic rings. The molecule has 0 bridgehead atoms. The Morgan fingerprint density at radius 1 is 1.48 bits per heavy atom. The fourth-order valence-electron chi connectivity index (χ4n) is 2.57. The Morgan fingerprint density at radius 3 is 2.76 bits per heavy atom. The molecule has 1 N–H and O–H groups in total. The van der Waals surface area contributed by atoms with Gasteiger partial charge in [-0.2, -0.15) is 0 Å². The molecular formula is C16H22FNO3. The highest BCUT2D eigenvalue weighted by Gasteiger charge is 2.34. The molecule has 1 aliphatic rings. The van der Waals surface area contributed by atoms with Crippen molar-refractivity contribution in [1.82, 2.24) is 4.90 Å². The van der Waals surface area contributed by atoms with E-state index in [4.69, 9.17) is 9.84 Å². The van der Waals surface area contributed by atoms with Crippen LogP contribution in [0.3, 0.4) is 0 Å².